The Balaban J connectivity index is 2.08. The molecule has 0 aromatic heterocycles. The smallest absolute Gasteiger partial charge is 0.221 e. The van der Waals surface area contributed by atoms with E-state index in [9.17, 15) is 4.79 Å². The molecule has 1 amide bonds. The average molecular weight is 260 g/mol. The van der Waals surface area contributed by atoms with Gasteiger partial charge in [-0.15, -0.1) is 0 Å². The van der Waals surface area contributed by atoms with Gasteiger partial charge in [0.2, 0.25) is 5.91 Å². The summed E-state index contributed by atoms with van der Waals surface area (Å²) < 4.78 is 0. The number of carbonyl (C=O) groups is 1. The highest BCUT2D eigenvalue weighted by Gasteiger charge is 2.28. The van der Waals surface area contributed by atoms with Crippen LogP contribution in [0.25, 0.3) is 0 Å². The van der Waals surface area contributed by atoms with Crippen molar-refractivity contribution < 1.29 is 4.79 Å². The quantitative estimate of drug-likeness (QED) is 0.874. The summed E-state index contributed by atoms with van der Waals surface area (Å²) in [6, 6.07) is 8.47. The van der Waals surface area contributed by atoms with E-state index in [0.717, 1.165) is 11.3 Å². The van der Waals surface area contributed by atoms with Crippen LogP contribution in [0.3, 0.4) is 0 Å². The predicted octanol–water partition coefficient (Wildman–Crippen LogP) is 3.10. The Labute approximate surface area is 115 Å². The van der Waals surface area contributed by atoms with Gasteiger partial charge in [0, 0.05) is 11.7 Å². The molecule has 1 fully saturated rings. The molecule has 0 aliphatic heterocycles. The SMILES string of the molecule is CC1(C)CCCC(Nc2ccccc2CC(N)=O)C1. The van der Waals surface area contributed by atoms with Gasteiger partial charge in [0.1, 0.15) is 0 Å². The number of anilines is 1. The molecule has 0 saturated heterocycles. The van der Waals surface area contributed by atoms with Crippen molar-refractivity contribution >= 4 is 11.6 Å². The van der Waals surface area contributed by atoms with E-state index >= 15 is 0 Å². The molecule has 3 heteroatoms. The Bertz CT molecular complexity index is 454. The fourth-order valence-electron chi connectivity index (χ4n) is 3.04. The van der Waals surface area contributed by atoms with E-state index in [4.69, 9.17) is 5.73 Å². The van der Waals surface area contributed by atoms with Crippen LogP contribution >= 0.6 is 0 Å². The largest absolute Gasteiger partial charge is 0.382 e. The summed E-state index contributed by atoms with van der Waals surface area (Å²) in [6.45, 7) is 4.66. The van der Waals surface area contributed by atoms with Crippen LogP contribution in [-0.4, -0.2) is 11.9 Å². The molecule has 1 unspecified atom stereocenters. The lowest BCUT2D eigenvalue weighted by Crippen LogP contribution is -2.32. The summed E-state index contributed by atoms with van der Waals surface area (Å²) in [5, 5.41) is 3.60. The second-order valence-electron chi connectivity index (χ2n) is 6.40. The minimum absolute atomic E-state index is 0.279. The standard InChI is InChI=1S/C16H24N2O/c1-16(2)9-5-7-13(11-16)18-14-8-4-3-6-12(14)10-15(17)19/h3-4,6,8,13,18H,5,7,9-11H2,1-2H3,(H2,17,19). The molecule has 0 radical (unpaired) electrons. The number of hydrogen-bond donors (Lipinski definition) is 2. The van der Waals surface area contributed by atoms with Crippen molar-refractivity contribution in [3.8, 4) is 0 Å². The van der Waals surface area contributed by atoms with Crippen LogP contribution in [0.15, 0.2) is 24.3 Å². The average Bonchev–Trinajstić information content (AvgIpc) is 2.30. The number of primary amides is 1. The third-order valence-electron chi connectivity index (χ3n) is 3.95. The molecular formula is C16H24N2O. The van der Waals surface area contributed by atoms with Gasteiger partial charge in [0.25, 0.3) is 0 Å². The molecule has 3 N–H and O–H groups in total. The van der Waals surface area contributed by atoms with E-state index in [2.05, 4.69) is 19.2 Å². The van der Waals surface area contributed by atoms with Gasteiger partial charge in [-0.1, -0.05) is 38.5 Å². The summed E-state index contributed by atoms with van der Waals surface area (Å²) in [7, 11) is 0. The first-order valence-electron chi connectivity index (χ1n) is 7.09. The van der Waals surface area contributed by atoms with E-state index in [0.29, 0.717) is 17.9 Å². The van der Waals surface area contributed by atoms with Crippen LogP contribution in [0, 0.1) is 5.41 Å². The molecule has 1 aromatic carbocycles. The third-order valence-corrected chi connectivity index (χ3v) is 3.95. The van der Waals surface area contributed by atoms with Gasteiger partial charge in [-0.3, -0.25) is 4.79 Å². The van der Waals surface area contributed by atoms with Crippen LogP contribution in [-0.2, 0) is 11.2 Å². The maximum absolute atomic E-state index is 11.1. The van der Waals surface area contributed by atoms with E-state index in [1.165, 1.54) is 25.7 Å². The lowest BCUT2D eigenvalue weighted by Gasteiger charge is -2.36. The highest BCUT2D eigenvalue weighted by molar-refractivity contribution is 5.78. The first-order valence-corrected chi connectivity index (χ1v) is 7.09. The van der Waals surface area contributed by atoms with Gasteiger partial charge in [0.15, 0.2) is 0 Å². The maximum atomic E-state index is 11.1. The molecule has 1 atom stereocenters. The van der Waals surface area contributed by atoms with Crippen molar-refractivity contribution in [2.75, 3.05) is 5.32 Å². The first kappa shape index (κ1) is 13.9. The van der Waals surface area contributed by atoms with E-state index < -0.39 is 0 Å². The van der Waals surface area contributed by atoms with Crippen molar-refractivity contribution in [2.45, 2.75) is 52.0 Å². The molecule has 1 aromatic rings. The molecular weight excluding hydrogens is 236 g/mol. The lowest BCUT2D eigenvalue weighted by atomic mass is 9.75. The minimum Gasteiger partial charge on any atom is -0.382 e. The Morgan fingerprint density at radius 2 is 2.16 bits per heavy atom. The van der Waals surface area contributed by atoms with Crippen molar-refractivity contribution in [3.05, 3.63) is 29.8 Å². The Morgan fingerprint density at radius 1 is 1.42 bits per heavy atom. The van der Waals surface area contributed by atoms with Crippen LogP contribution in [0.2, 0.25) is 0 Å². The van der Waals surface area contributed by atoms with Gasteiger partial charge in [-0.2, -0.15) is 0 Å². The fourth-order valence-corrected chi connectivity index (χ4v) is 3.04. The molecule has 19 heavy (non-hydrogen) atoms. The molecule has 0 spiro atoms. The summed E-state index contributed by atoms with van der Waals surface area (Å²) in [4.78, 5) is 11.1. The van der Waals surface area contributed by atoms with Crippen LogP contribution < -0.4 is 11.1 Å². The number of benzene rings is 1. The highest BCUT2D eigenvalue weighted by Crippen LogP contribution is 2.36. The summed E-state index contributed by atoms with van der Waals surface area (Å²) in [5.74, 6) is -0.279. The second kappa shape index (κ2) is 5.64. The van der Waals surface area contributed by atoms with Crippen molar-refractivity contribution in [1.82, 2.24) is 0 Å². The molecule has 0 heterocycles. The molecule has 1 aliphatic carbocycles. The Morgan fingerprint density at radius 3 is 2.84 bits per heavy atom. The predicted molar refractivity (Wildman–Crippen MR) is 79.0 cm³/mol. The molecule has 1 aliphatic rings. The summed E-state index contributed by atoms with van der Waals surface area (Å²) in [5.41, 5.74) is 7.77. The van der Waals surface area contributed by atoms with Crippen molar-refractivity contribution in [1.29, 1.82) is 0 Å². The molecule has 104 valence electrons. The third kappa shape index (κ3) is 3.98. The monoisotopic (exact) mass is 260 g/mol. The van der Waals surface area contributed by atoms with E-state index in [1.807, 2.05) is 24.3 Å². The number of amides is 1. The van der Waals surface area contributed by atoms with Crippen molar-refractivity contribution in [3.63, 3.8) is 0 Å². The molecule has 3 nitrogen and oxygen atoms in total. The molecule has 2 rings (SSSR count). The van der Waals surface area contributed by atoms with E-state index in [1.54, 1.807) is 0 Å². The minimum atomic E-state index is -0.279. The number of para-hydroxylation sites is 1. The zero-order chi connectivity index (χ0) is 13.9. The lowest BCUT2D eigenvalue weighted by molar-refractivity contribution is -0.117. The van der Waals surface area contributed by atoms with Gasteiger partial charge < -0.3 is 11.1 Å². The number of nitrogens with one attached hydrogen (secondary N) is 1. The van der Waals surface area contributed by atoms with E-state index in [-0.39, 0.29) is 5.91 Å². The molecule has 1 saturated carbocycles. The van der Waals surface area contributed by atoms with Crippen LogP contribution in [0.4, 0.5) is 5.69 Å². The number of nitrogens with two attached hydrogens (primary N) is 1. The number of hydrogen-bond acceptors (Lipinski definition) is 2. The van der Waals surface area contributed by atoms with Crippen LogP contribution in [0.1, 0.15) is 45.1 Å². The van der Waals surface area contributed by atoms with Gasteiger partial charge in [0.05, 0.1) is 6.42 Å². The zero-order valence-corrected chi connectivity index (χ0v) is 11.9. The summed E-state index contributed by atoms with van der Waals surface area (Å²) in [6.07, 6.45) is 5.25. The van der Waals surface area contributed by atoms with Crippen LogP contribution in [0.5, 0.6) is 0 Å². The van der Waals surface area contributed by atoms with Gasteiger partial charge in [-0.25, -0.2) is 0 Å². The highest BCUT2D eigenvalue weighted by atomic mass is 16.1. The topological polar surface area (TPSA) is 55.1 Å². The summed E-state index contributed by atoms with van der Waals surface area (Å²) >= 11 is 0. The van der Waals surface area contributed by atoms with Gasteiger partial charge >= 0.3 is 0 Å². The molecule has 0 bridgehead atoms. The fraction of sp³-hybridized carbons (Fsp3) is 0.562. The van der Waals surface area contributed by atoms with Crippen molar-refractivity contribution in [2.24, 2.45) is 11.1 Å². The zero-order valence-electron chi connectivity index (χ0n) is 11.9. The maximum Gasteiger partial charge on any atom is 0.221 e. The second-order valence-corrected chi connectivity index (χ2v) is 6.40. The first-order chi connectivity index (χ1) is 8.96. The Hall–Kier alpha value is -1.51. The normalized spacial score (nSPS) is 21.9. The number of carbonyl (C=O) groups excluding carboxylic acids is 1. The van der Waals surface area contributed by atoms with Gasteiger partial charge in [-0.05, 0) is 36.3 Å². The number of rotatable bonds is 4. The Kier molecular flexibility index (Phi) is 4.13.